The van der Waals surface area contributed by atoms with Crippen LogP contribution in [0.2, 0.25) is 0 Å². The number of nitrogens with zero attached hydrogens (tertiary/aromatic N) is 2. The SMILES string of the molecule is Cc1cc(S(=O)(=O)N2C[C@H]3CNC[C@H]3C2)ccc1C#N.Cl. The number of fused-ring (bicyclic) bond motifs is 1. The fourth-order valence-corrected chi connectivity index (χ4v) is 4.72. The van der Waals surface area contributed by atoms with Gasteiger partial charge in [-0.05, 0) is 55.6 Å². The number of nitriles is 1. The Hall–Kier alpha value is -1.13. The van der Waals surface area contributed by atoms with Crippen LogP contribution in [-0.4, -0.2) is 38.9 Å². The van der Waals surface area contributed by atoms with Gasteiger partial charge in [0.2, 0.25) is 10.0 Å². The minimum Gasteiger partial charge on any atom is -0.316 e. The van der Waals surface area contributed by atoms with Crippen LogP contribution < -0.4 is 5.32 Å². The van der Waals surface area contributed by atoms with Crippen molar-refractivity contribution in [1.29, 1.82) is 5.26 Å². The predicted molar refractivity (Wildman–Crippen MR) is 81.8 cm³/mol. The molecule has 0 saturated carbocycles. The first kappa shape index (κ1) is 16.2. The first-order valence-electron chi connectivity index (χ1n) is 6.74. The number of benzene rings is 1. The van der Waals surface area contributed by atoms with Gasteiger partial charge >= 0.3 is 0 Å². The topological polar surface area (TPSA) is 73.2 Å². The number of nitrogens with one attached hydrogen (secondary N) is 1. The average Bonchev–Trinajstić information content (AvgIpc) is 2.99. The molecule has 21 heavy (non-hydrogen) atoms. The molecular weight excluding hydrogens is 310 g/mol. The molecule has 3 rings (SSSR count). The van der Waals surface area contributed by atoms with Gasteiger partial charge in [0.1, 0.15) is 0 Å². The van der Waals surface area contributed by atoms with E-state index in [0.717, 1.165) is 13.1 Å². The van der Waals surface area contributed by atoms with Crippen LogP contribution in [0.4, 0.5) is 0 Å². The van der Waals surface area contributed by atoms with Gasteiger partial charge in [-0.15, -0.1) is 12.4 Å². The summed E-state index contributed by atoms with van der Waals surface area (Å²) in [4.78, 5) is 0.293. The van der Waals surface area contributed by atoms with Crippen LogP contribution in [-0.2, 0) is 10.0 Å². The lowest BCUT2D eigenvalue weighted by molar-refractivity contribution is 0.448. The number of halogens is 1. The number of hydrogen-bond donors (Lipinski definition) is 1. The molecule has 2 aliphatic heterocycles. The van der Waals surface area contributed by atoms with Gasteiger partial charge < -0.3 is 5.32 Å². The third-order valence-corrected chi connectivity index (χ3v) is 6.14. The highest BCUT2D eigenvalue weighted by atomic mass is 35.5. The maximum Gasteiger partial charge on any atom is 0.243 e. The molecule has 2 heterocycles. The fourth-order valence-electron chi connectivity index (χ4n) is 3.08. The lowest BCUT2D eigenvalue weighted by Gasteiger charge is -2.18. The van der Waals surface area contributed by atoms with Crippen LogP contribution in [0.25, 0.3) is 0 Å². The minimum atomic E-state index is -3.43. The van der Waals surface area contributed by atoms with Crippen LogP contribution in [0.1, 0.15) is 11.1 Å². The van der Waals surface area contributed by atoms with E-state index < -0.39 is 10.0 Å². The molecule has 2 saturated heterocycles. The number of rotatable bonds is 2. The van der Waals surface area contributed by atoms with Gasteiger partial charge in [0, 0.05) is 13.1 Å². The molecule has 1 aromatic carbocycles. The summed E-state index contributed by atoms with van der Waals surface area (Å²) in [7, 11) is -3.43. The van der Waals surface area contributed by atoms with Crippen molar-refractivity contribution >= 4 is 22.4 Å². The van der Waals surface area contributed by atoms with E-state index in [0.29, 0.717) is 40.9 Å². The molecule has 0 aromatic heterocycles. The van der Waals surface area contributed by atoms with E-state index in [1.807, 2.05) is 0 Å². The van der Waals surface area contributed by atoms with Crippen molar-refractivity contribution in [2.24, 2.45) is 11.8 Å². The van der Waals surface area contributed by atoms with Crippen molar-refractivity contribution < 1.29 is 8.42 Å². The first-order chi connectivity index (χ1) is 9.52. The molecule has 0 spiro atoms. The number of hydrogen-bond acceptors (Lipinski definition) is 4. The average molecular weight is 328 g/mol. The highest BCUT2D eigenvalue weighted by molar-refractivity contribution is 7.89. The molecule has 114 valence electrons. The van der Waals surface area contributed by atoms with Crippen molar-refractivity contribution in [3.8, 4) is 6.07 Å². The van der Waals surface area contributed by atoms with Gasteiger partial charge in [0.25, 0.3) is 0 Å². The Kier molecular flexibility index (Phi) is 4.59. The lowest BCUT2D eigenvalue weighted by atomic mass is 10.0. The van der Waals surface area contributed by atoms with E-state index in [2.05, 4.69) is 11.4 Å². The van der Waals surface area contributed by atoms with E-state index >= 15 is 0 Å². The van der Waals surface area contributed by atoms with Crippen LogP contribution >= 0.6 is 12.4 Å². The van der Waals surface area contributed by atoms with Gasteiger partial charge in [-0.3, -0.25) is 0 Å². The van der Waals surface area contributed by atoms with E-state index in [9.17, 15) is 8.42 Å². The zero-order valence-corrected chi connectivity index (χ0v) is 13.4. The fraction of sp³-hybridized carbons (Fsp3) is 0.500. The summed E-state index contributed by atoms with van der Waals surface area (Å²) in [5.74, 6) is 0.869. The Labute approximate surface area is 131 Å². The Morgan fingerprint density at radius 2 is 1.90 bits per heavy atom. The Morgan fingerprint density at radius 1 is 1.29 bits per heavy atom. The van der Waals surface area contributed by atoms with Crippen molar-refractivity contribution in [2.75, 3.05) is 26.2 Å². The maximum absolute atomic E-state index is 12.6. The summed E-state index contributed by atoms with van der Waals surface area (Å²) in [5.41, 5.74) is 1.22. The zero-order valence-electron chi connectivity index (χ0n) is 11.7. The van der Waals surface area contributed by atoms with Crippen molar-refractivity contribution in [3.05, 3.63) is 29.3 Å². The van der Waals surface area contributed by atoms with E-state index in [4.69, 9.17) is 5.26 Å². The predicted octanol–water partition coefficient (Wildman–Crippen LogP) is 1.13. The second-order valence-electron chi connectivity index (χ2n) is 5.59. The molecule has 0 bridgehead atoms. The summed E-state index contributed by atoms with van der Waals surface area (Å²) in [6.45, 7) is 4.77. The lowest BCUT2D eigenvalue weighted by Crippen LogP contribution is -2.32. The molecule has 2 aliphatic rings. The van der Waals surface area contributed by atoms with E-state index in [1.165, 1.54) is 6.07 Å². The number of aryl methyl sites for hydroxylation is 1. The standard InChI is InChI=1S/C14H17N3O2S.ClH/c1-10-4-14(3-2-11(10)5-15)20(18,19)17-8-12-6-16-7-13(12)9-17;/h2-4,12-13,16H,6-9H2,1H3;1H/t12-,13+;. The molecule has 1 aromatic rings. The van der Waals surface area contributed by atoms with Crippen LogP contribution in [0.5, 0.6) is 0 Å². The van der Waals surface area contributed by atoms with Gasteiger partial charge in [-0.25, -0.2) is 8.42 Å². The Balaban J connectivity index is 0.00000161. The summed E-state index contributed by atoms with van der Waals surface area (Å²) in [5, 5.41) is 12.2. The van der Waals surface area contributed by atoms with Crippen molar-refractivity contribution in [2.45, 2.75) is 11.8 Å². The highest BCUT2D eigenvalue weighted by Crippen LogP contribution is 2.31. The van der Waals surface area contributed by atoms with Crippen molar-refractivity contribution in [1.82, 2.24) is 9.62 Å². The molecule has 0 amide bonds. The van der Waals surface area contributed by atoms with Gasteiger partial charge in [0.15, 0.2) is 0 Å². The molecule has 5 nitrogen and oxygen atoms in total. The van der Waals surface area contributed by atoms with E-state index in [-0.39, 0.29) is 12.4 Å². The highest BCUT2D eigenvalue weighted by Gasteiger charge is 2.41. The second-order valence-corrected chi connectivity index (χ2v) is 7.53. The second kappa shape index (κ2) is 5.93. The van der Waals surface area contributed by atoms with Crippen LogP contribution in [0.15, 0.2) is 23.1 Å². The third kappa shape index (κ3) is 2.79. The normalized spacial score (nSPS) is 25.1. The van der Waals surface area contributed by atoms with Crippen molar-refractivity contribution in [3.63, 3.8) is 0 Å². The molecule has 1 N–H and O–H groups in total. The quantitative estimate of drug-likeness (QED) is 0.883. The smallest absolute Gasteiger partial charge is 0.243 e. The summed E-state index contributed by atoms with van der Waals surface area (Å²) in [6.07, 6.45) is 0. The minimum absolute atomic E-state index is 0. The van der Waals surface area contributed by atoms with Crippen LogP contribution in [0, 0.1) is 30.1 Å². The summed E-state index contributed by atoms with van der Waals surface area (Å²) in [6, 6.07) is 6.78. The van der Waals surface area contributed by atoms with Gasteiger partial charge in [-0.1, -0.05) is 0 Å². The van der Waals surface area contributed by atoms with Crippen LogP contribution in [0.3, 0.4) is 0 Å². The number of sulfonamides is 1. The van der Waals surface area contributed by atoms with Gasteiger partial charge in [0.05, 0.1) is 16.5 Å². The summed E-state index contributed by atoms with van der Waals surface area (Å²) >= 11 is 0. The Bertz CT molecular complexity index is 672. The molecule has 0 unspecified atom stereocenters. The van der Waals surface area contributed by atoms with Gasteiger partial charge in [-0.2, -0.15) is 9.57 Å². The molecule has 2 atom stereocenters. The largest absolute Gasteiger partial charge is 0.316 e. The molecule has 0 radical (unpaired) electrons. The summed E-state index contributed by atoms with van der Waals surface area (Å²) < 4.78 is 26.9. The molecular formula is C14H18ClN3O2S. The molecule has 0 aliphatic carbocycles. The third-order valence-electron chi connectivity index (χ3n) is 4.31. The Morgan fingerprint density at radius 3 is 2.43 bits per heavy atom. The monoisotopic (exact) mass is 327 g/mol. The molecule has 7 heteroatoms. The first-order valence-corrected chi connectivity index (χ1v) is 8.18. The molecule has 2 fully saturated rings. The zero-order chi connectivity index (χ0) is 14.3. The van der Waals surface area contributed by atoms with E-state index in [1.54, 1.807) is 23.4 Å². The maximum atomic E-state index is 12.6.